The number of carbonyl (C=O) groups is 2. The normalized spacial score (nSPS) is 10.6. The molecule has 0 atom stereocenters. The number of thiazole rings is 1. The first-order valence-electron chi connectivity index (χ1n) is 10.4. The van der Waals surface area contributed by atoms with Crippen LogP contribution in [0.5, 0.6) is 0 Å². The van der Waals surface area contributed by atoms with Gasteiger partial charge in [0.05, 0.1) is 27.7 Å². The molecule has 4 aromatic rings. The first kappa shape index (κ1) is 22.7. The third-order valence-electron chi connectivity index (χ3n) is 4.92. The number of amides is 2. The molecular weight excluding hydrogens is 454 g/mol. The van der Waals surface area contributed by atoms with Crippen LogP contribution in [0.1, 0.15) is 18.2 Å². The lowest BCUT2D eigenvalue weighted by Gasteiger charge is -2.10. The van der Waals surface area contributed by atoms with Crippen LogP contribution in [0.25, 0.3) is 21.0 Å². The highest BCUT2D eigenvalue weighted by atomic mass is 35.5. The van der Waals surface area contributed by atoms with E-state index in [-0.39, 0.29) is 18.2 Å². The Labute approximate surface area is 201 Å². The summed E-state index contributed by atoms with van der Waals surface area (Å²) < 4.78 is 0. The van der Waals surface area contributed by atoms with Crippen LogP contribution in [0.15, 0.2) is 72.8 Å². The van der Waals surface area contributed by atoms with Gasteiger partial charge in [0.1, 0.15) is 5.01 Å². The number of nitrogens with zero attached hydrogens (tertiary/aromatic N) is 1. The Morgan fingerprint density at radius 1 is 0.939 bits per heavy atom. The minimum absolute atomic E-state index is 0.0905. The maximum Gasteiger partial charge on any atom is 0.230 e. The average Bonchev–Trinajstić information content (AvgIpc) is 3.20. The zero-order valence-electron chi connectivity index (χ0n) is 18.2. The van der Waals surface area contributed by atoms with Crippen LogP contribution in [-0.4, -0.2) is 16.8 Å². The highest BCUT2D eigenvalue weighted by molar-refractivity contribution is 7.18. The molecule has 3 aromatic carbocycles. The number of carbonyl (C=O) groups excluding carboxylic acids is 2. The van der Waals surface area contributed by atoms with Gasteiger partial charge in [-0.15, -0.1) is 11.3 Å². The molecule has 2 N–H and O–H groups in total. The number of anilines is 2. The molecule has 0 aliphatic heterocycles. The van der Waals surface area contributed by atoms with Crippen molar-refractivity contribution in [1.82, 2.24) is 4.98 Å². The van der Waals surface area contributed by atoms with Gasteiger partial charge in [0, 0.05) is 18.2 Å². The van der Waals surface area contributed by atoms with Gasteiger partial charge in [-0.1, -0.05) is 71.8 Å². The van der Waals surface area contributed by atoms with Crippen LogP contribution in [-0.2, 0) is 16.0 Å². The minimum Gasteiger partial charge on any atom is -0.326 e. The molecule has 0 spiro atoms. The van der Waals surface area contributed by atoms with E-state index in [0.29, 0.717) is 22.1 Å². The second kappa shape index (κ2) is 9.98. The molecule has 0 unspecified atom stereocenters. The quantitative estimate of drug-likeness (QED) is 0.331. The SMILES string of the molecule is CC(=O)Nc1ccc(Cl)c(NC(=O)Cc2nc(-c3ccccc3)sc2-c2ccc(C)cc2)c1. The maximum atomic E-state index is 13.0. The third kappa shape index (κ3) is 5.66. The number of halogens is 1. The zero-order chi connectivity index (χ0) is 23.4. The molecule has 1 aromatic heterocycles. The second-order valence-electron chi connectivity index (χ2n) is 7.63. The van der Waals surface area contributed by atoms with Gasteiger partial charge >= 0.3 is 0 Å². The molecule has 0 saturated carbocycles. The number of hydrogen-bond donors (Lipinski definition) is 2. The van der Waals surface area contributed by atoms with E-state index in [1.807, 2.05) is 61.5 Å². The highest BCUT2D eigenvalue weighted by Gasteiger charge is 2.18. The fourth-order valence-electron chi connectivity index (χ4n) is 3.35. The Bertz CT molecular complexity index is 1300. The second-order valence-corrected chi connectivity index (χ2v) is 9.03. The van der Waals surface area contributed by atoms with Gasteiger partial charge in [-0.05, 0) is 30.7 Å². The molecule has 5 nitrogen and oxygen atoms in total. The summed E-state index contributed by atoms with van der Waals surface area (Å²) >= 11 is 7.83. The van der Waals surface area contributed by atoms with Crippen molar-refractivity contribution in [3.63, 3.8) is 0 Å². The van der Waals surface area contributed by atoms with E-state index in [4.69, 9.17) is 16.6 Å². The van der Waals surface area contributed by atoms with Crippen LogP contribution in [0.3, 0.4) is 0 Å². The molecule has 7 heteroatoms. The summed E-state index contributed by atoms with van der Waals surface area (Å²) in [6.07, 6.45) is 0.0905. The summed E-state index contributed by atoms with van der Waals surface area (Å²) in [6, 6.07) is 23.1. The van der Waals surface area contributed by atoms with Gasteiger partial charge < -0.3 is 10.6 Å². The van der Waals surface area contributed by atoms with Crippen LogP contribution >= 0.6 is 22.9 Å². The first-order valence-corrected chi connectivity index (χ1v) is 11.6. The molecule has 0 radical (unpaired) electrons. The van der Waals surface area contributed by atoms with Crippen molar-refractivity contribution >= 4 is 46.1 Å². The van der Waals surface area contributed by atoms with E-state index in [0.717, 1.165) is 21.0 Å². The zero-order valence-corrected chi connectivity index (χ0v) is 19.8. The summed E-state index contributed by atoms with van der Waals surface area (Å²) in [7, 11) is 0. The Balaban J connectivity index is 1.63. The molecule has 0 saturated heterocycles. The van der Waals surface area contributed by atoms with Crippen LogP contribution in [0.4, 0.5) is 11.4 Å². The number of hydrogen-bond acceptors (Lipinski definition) is 4. The number of benzene rings is 3. The van der Waals surface area contributed by atoms with Crippen molar-refractivity contribution in [3.8, 4) is 21.0 Å². The largest absolute Gasteiger partial charge is 0.326 e. The highest BCUT2D eigenvalue weighted by Crippen LogP contribution is 2.36. The van der Waals surface area contributed by atoms with E-state index in [9.17, 15) is 9.59 Å². The smallest absolute Gasteiger partial charge is 0.230 e. The van der Waals surface area contributed by atoms with E-state index >= 15 is 0 Å². The Kier molecular flexibility index (Phi) is 6.87. The predicted molar refractivity (Wildman–Crippen MR) is 136 cm³/mol. The Morgan fingerprint density at radius 3 is 2.36 bits per heavy atom. The van der Waals surface area contributed by atoms with Gasteiger partial charge in [0.2, 0.25) is 11.8 Å². The lowest BCUT2D eigenvalue weighted by Crippen LogP contribution is -2.16. The molecular formula is C26H22ClN3O2S. The summed E-state index contributed by atoms with van der Waals surface area (Å²) in [4.78, 5) is 30.1. The Hall–Kier alpha value is -3.48. The molecule has 4 rings (SSSR count). The topological polar surface area (TPSA) is 71.1 Å². The molecule has 0 aliphatic rings. The summed E-state index contributed by atoms with van der Waals surface area (Å²) in [5.74, 6) is -0.441. The van der Waals surface area contributed by atoms with Crippen molar-refractivity contribution < 1.29 is 9.59 Å². The van der Waals surface area contributed by atoms with Gasteiger partial charge in [-0.2, -0.15) is 0 Å². The average molecular weight is 476 g/mol. The molecule has 2 amide bonds. The fourth-order valence-corrected chi connectivity index (χ4v) is 4.61. The van der Waals surface area contributed by atoms with Crippen LogP contribution in [0.2, 0.25) is 5.02 Å². The van der Waals surface area contributed by atoms with Crippen molar-refractivity contribution in [3.05, 3.63) is 89.1 Å². The molecule has 33 heavy (non-hydrogen) atoms. The maximum absolute atomic E-state index is 13.0. The summed E-state index contributed by atoms with van der Waals surface area (Å²) in [5, 5.41) is 6.79. The lowest BCUT2D eigenvalue weighted by molar-refractivity contribution is -0.116. The number of aromatic nitrogens is 1. The third-order valence-corrected chi connectivity index (χ3v) is 6.45. The summed E-state index contributed by atoms with van der Waals surface area (Å²) in [6.45, 7) is 3.46. The van der Waals surface area contributed by atoms with Crippen LogP contribution in [0, 0.1) is 6.92 Å². The van der Waals surface area contributed by atoms with E-state index < -0.39 is 0 Å². The predicted octanol–water partition coefficient (Wildman–Crippen LogP) is 6.58. The van der Waals surface area contributed by atoms with Crippen molar-refractivity contribution in [2.45, 2.75) is 20.3 Å². The number of aryl methyl sites for hydroxylation is 1. The molecule has 0 aliphatic carbocycles. The van der Waals surface area contributed by atoms with Crippen molar-refractivity contribution in [1.29, 1.82) is 0 Å². The monoisotopic (exact) mass is 475 g/mol. The van der Waals surface area contributed by atoms with Crippen molar-refractivity contribution in [2.75, 3.05) is 10.6 Å². The van der Waals surface area contributed by atoms with E-state index in [1.54, 1.807) is 29.5 Å². The van der Waals surface area contributed by atoms with Crippen molar-refractivity contribution in [2.24, 2.45) is 0 Å². The summed E-state index contributed by atoms with van der Waals surface area (Å²) in [5.41, 5.74) is 4.89. The van der Waals surface area contributed by atoms with E-state index in [1.165, 1.54) is 12.5 Å². The molecule has 1 heterocycles. The standard InChI is InChI=1S/C26H22ClN3O2S/c1-16-8-10-18(11-9-16)25-23(30-26(33-25)19-6-4-3-5-7-19)15-24(32)29-22-14-20(28-17(2)31)12-13-21(22)27/h3-14H,15H2,1-2H3,(H,28,31)(H,29,32). The molecule has 166 valence electrons. The number of rotatable bonds is 6. The van der Waals surface area contributed by atoms with Gasteiger partial charge in [-0.25, -0.2) is 4.98 Å². The molecule has 0 fully saturated rings. The Morgan fingerprint density at radius 2 is 1.67 bits per heavy atom. The van der Waals surface area contributed by atoms with E-state index in [2.05, 4.69) is 10.6 Å². The molecule has 0 bridgehead atoms. The first-order chi connectivity index (χ1) is 15.9. The van der Waals surface area contributed by atoms with Crippen LogP contribution < -0.4 is 10.6 Å². The fraction of sp³-hybridized carbons (Fsp3) is 0.115. The van der Waals surface area contributed by atoms with Gasteiger partial charge in [0.15, 0.2) is 0 Å². The number of nitrogens with one attached hydrogen (secondary N) is 2. The minimum atomic E-state index is -0.241. The van der Waals surface area contributed by atoms with Gasteiger partial charge in [0.25, 0.3) is 0 Å². The van der Waals surface area contributed by atoms with Gasteiger partial charge in [-0.3, -0.25) is 9.59 Å². The lowest BCUT2D eigenvalue weighted by atomic mass is 10.1.